The fraction of sp³-hybridized carbons (Fsp3) is 0.333. The molecule has 1 aromatic carbocycles. The Hall–Kier alpha value is -1.78. The number of pyridine rings is 1. The lowest BCUT2D eigenvalue weighted by Crippen LogP contribution is -2.31. The summed E-state index contributed by atoms with van der Waals surface area (Å²) in [5.41, 5.74) is 1.77. The van der Waals surface area contributed by atoms with Gasteiger partial charge in [0.25, 0.3) is 0 Å². The second kappa shape index (κ2) is 5.11. The normalized spacial score (nSPS) is 25.3. The van der Waals surface area contributed by atoms with Gasteiger partial charge in [-0.05, 0) is 37.3 Å². The van der Waals surface area contributed by atoms with E-state index in [9.17, 15) is 0 Å². The Morgan fingerprint density at radius 2 is 2.12 bits per heavy atom. The van der Waals surface area contributed by atoms with Gasteiger partial charge in [0.05, 0.1) is 27.6 Å². The molecule has 2 fully saturated rings. The zero-order valence-corrected chi connectivity index (χ0v) is 14.7. The fourth-order valence-electron chi connectivity index (χ4n) is 3.99. The van der Waals surface area contributed by atoms with Crippen molar-refractivity contribution in [2.45, 2.75) is 19.4 Å². The maximum absolute atomic E-state index is 6.47. The Kier molecular flexibility index (Phi) is 3.10. The molecule has 0 radical (unpaired) electrons. The topological polar surface area (TPSA) is 34.0 Å². The van der Waals surface area contributed by atoms with Crippen molar-refractivity contribution in [1.29, 1.82) is 0 Å². The van der Waals surface area contributed by atoms with Gasteiger partial charge in [-0.25, -0.2) is 9.97 Å². The van der Waals surface area contributed by atoms with E-state index in [2.05, 4.69) is 22.9 Å². The van der Waals surface area contributed by atoms with Crippen molar-refractivity contribution in [2.24, 2.45) is 11.8 Å². The molecule has 1 saturated carbocycles. The Labute approximate surface area is 150 Å². The van der Waals surface area contributed by atoms with Crippen LogP contribution in [0.15, 0.2) is 36.9 Å². The van der Waals surface area contributed by atoms with Crippen LogP contribution in [0.1, 0.15) is 13.3 Å². The number of rotatable bonds is 2. The fourth-order valence-corrected chi connectivity index (χ4v) is 4.35. The van der Waals surface area contributed by atoms with Crippen molar-refractivity contribution in [3.05, 3.63) is 47.0 Å². The van der Waals surface area contributed by atoms with E-state index in [4.69, 9.17) is 28.2 Å². The molecule has 122 valence electrons. The molecule has 4 nitrogen and oxygen atoms in total. The Morgan fingerprint density at radius 3 is 2.83 bits per heavy atom. The minimum absolute atomic E-state index is 0.509. The van der Waals surface area contributed by atoms with Crippen molar-refractivity contribution in [2.75, 3.05) is 11.4 Å². The van der Waals surface area contributed by atoms with Gasteiger partial charge < -0.3 is 9.47 Å². The van der Waals surface area contributed by atoms with E-state index in [0.29, 0.717) is 16.1 Å². The first-order chi connectivity index (χ1) is 11.6. The van der Waals surface area contributed by atoms with Crippen molar-refractivity contribution in [3.8, 4) is 5.69 Å². The molecule has 1 aliphatic carbocycles. The van der Waals surface area contributed by atoms with E-state index in [1.54, 1.807) is 12.5 Å². The SMILES string of the molecule is C[C@@H]1[C@@H]2C[C@@H]2CN1c1cc(-n2ccnc2)c2ccc(Cl)c(Cl)c2n1. The van der Waals surface area contributed by atoms with Crippen LogP contribution in [0.5, 0.6) is 0 Å². The molecular weight excluding hydrogens is 343 g/mol. The standard InChI is InChI=1S/C18H16Cl2N4/c1-10-13-6-11(13)8-24(10)16-7-15(23-5-4-21-9-23)12-2-3-14(19)17(20)18(12)22-16/h2-5,7,9-11,13H,6,8H2,1H3/t10-,11-,13+/m1/s1. The molecule has 3 heterocycles. The highest BCUT2D eigenvalue weighted by atomic mass is 35.5. The first kappa shape index (κ1) is 14.6. The van der Waals surface area contributed by atoms with Gasteiger partial charge in [-0.3, -0.25) is 0 Å². The molecule has 0 amide bonds. The third-order valence-electron chi connectivity index (χ3n) is 5.43. The summed E-state index contributed by atoms with van der Waals surface area (Å²) >= 11 is 12.7. The lowest BCUT2D eigenvalue weighted by Gasteiger charge is -2.27. The highest BCUT2D eigenvalue weighted by Crippen LogP contribution is 2.50. The second-order valence-electron chi connectivity index (χ2n) is 6.78. The maximum atomic E-state index is 6.47. The number of hydrogen-bond acceptors (Lipinski definition) is 3. The lowest BCUT2D eigenvalue weighted by molar-refractivity contribution is 0.643. The minimum atomic E-state index is 0.509. The molecular formula is C18H16Cl2N4. The lowest BCUT2D eigenvalue weighted by atomic mass is 10.1. The van der Waals surface area contributed by atoms with Gasteiger partial charge in [0.1, 0.15) is 5.82 Å². The van der Waals surface area contributed by atoms with Gasteiger partial charge in [0.15, 0.2) is 0 Å². The van der Waals surface area contributed by atoms with Crippen LogP contribution in [-0.2, 0) is 0 Å². The predicted molar refractivity (Wildman–Crippen MR) is 97.3 cm³/mol. The number of imidazole rings is 1. The van der Waals surface area contributed by atoms with Crippen molar-refractivity contribution in [3.63, 3.8) is 0 Å². The van der Waals surface area contributed by atoms with E-state index in [-0.39, 0.29) is 0 Å². The van der Waals surface area contributed by atoms with Gasteiger partial charge in [0.2, 0.25) is 0 Å². The molecule has 0 spiro atoms. The maximum Gasteiger partial charge on any atom is 0.131 e. The van der Waals surface area contributed by atoms with E-state index in [1.165, 1.54) is 6.42 Å². The Bertz CT molecular complexity index is 938. The second-order valence-corrected chi connectivity index (χ2v) is 7.56. The number of aromatic nitrogens is 3. The van der Waals surface area contributed by atoms with Crippen molar-refractivity contribution in [1.82, 2.24) is 14.5 Å². The number of nitrogens with zero attached hydrogens (tertiary/aromatic N) is 4. The smallest absolute Gasteiger partial charge is 0.131 e. The highest BCUT2D eigenvalue weighted by molar-refractivity contribution is 6.45. The molecule has 3 atom stereocenters. The monoisotopic (exact) mass is 358 g/mol. The quantitative estimate of drug-likeness (QED) is 0.672. The molecule has 24 heavy (non-hydrogen) atoms. The summed E-state index contributed by atoms with van der Waals surface area (Å²) in [7, 11) is 0. The summed E-state index contributed by atoms with van der Waals surface area (Å²) in [6, 6.07) is 6.45. The van der Waals surface area contributed by atoms with Crippen LogP contribution in [0.25, 0.3) is 16.6 Å². The summed E-state index contributed by atoms with van der Waals surface area (Å²) in [4.78, 5) is 11.4. The summed E-state index contributed by atoms with van der Waals surface area (Å²) in [5, 5.41) is 2.01. The molecule has 3 aromatic rings. The molecule has 0 unspecified atom stereocenters. The zero-order chi connectivity index (χ0) is 16.4. The van der Waals surface area contributed by atoms with Crippen LogP contribution in [0.4, 0.5) is 5.82 Å². The number of piperidine rings is 1. The van der Waals surface area contributed by atoms with Gasteiger partial charge in [0, 0.05) is 36.4 Å². The summed E-state index contributed by atoms with van der Waals surface area (Å²) in [6.45, 7) is 3.37. The first-order valence-corrected chi connectivity index (χ1v) is 8.93. The summed E-state index contributed by atoms with van der Waals surface area (Å²) < 4.78 is 2.00. The summed E-state index contributed by atoms with van der Waals surface area (Å²) in [6.07, 6.45) is 6.86. The molecule has 1 aliphatic heterocycles. The number of hydrogen-bond donors (Lipinski definition) is 0. The van der Waals surface area contributed by atoms with Crippen LogP contribution in [0.2, 0.25) is 10.0 Å². The molecule has 6 heteroatoms. The van der Waals surface area contributed by atoms with Crippen molar-refractivity contribution >= 4 is 39.9 Å². The predicted octanol–water partition coefficient (Wildman–Crippen LogP) is 4.57. The largest absolute Gasteiger partial charge is 0.353 e. The molecule has 0 bridgehead atoms. The number of halogens is 2. The minimum Gasteiger partial charge on any atom is -0.353 e. The Morgan fingerprint density at radius 1 is 1.25 bits per heavy atom. The van der Waals surface area contributed by atoms with Crippen LogP contribution in [0.3, 0.4) is 0 Å². The number of benzene rings is 1. The summed E-state index contributed by atoms with van der Waals surface area (Å²) in [5.74, 6) is 2.60. The third-order valence-corrected chi connectivity index (χ3v) is 6.23. The van der Waals surface area contributed by atoms with Crippen LogP contribution >= 0.6 is 23.2 Å². The molecule has 5 rings (SSSR count). The number of fused-ring (bicyclic) bond motifs is 2. The van der Waals surface area contributed by atoms with E-state index in [0.717, 1.165) is 40.8 Å². The Balaban J connectivity index is 1.75. The van der Waals surface area contributed by atoms with Crippen LogP contribution < -0.4 is 4.90 Å². The van der Waals surface area contributed by atoms with Crippen LogP contribution in [0, 0.1) is 11.8 Å². The average molecular weight is 359 g/mol. The molecule has 0 N–H and O–H groups in total. The molecule has 1 saturated heterocycles. The van der Waals surface area contributed by atoms with Crippen molar-refractivity contribution < 1.29 is 0 Å². The molecule has 2 aromatic heterocycles. The number of anilines is 1. The highest BCUT2D eigenvalue weighted by Gasteiger charge is 2.50. The van der Waals surface area contributed by atoms with E-state index in [1.807, 2.05) is 22.9 Å². The van der Waals surface area contributed by atoms with Gasteiger partial charge >= 0.3 is 0 Å². The van der Waals surface area contributed by atoms with Crippen LogP contribution in [-0.4, -0.2) is 27.1 Å². The zero-order valence-electron chi connectivity index (χ0n) is 13.2. The van der Waals surface area contributed by atoms with Gasteiger partial charge in [-0.2, -0.15) is 0 Å². The third kappa shape index (κ3) is 2.06. The molecule has 2 aliphatic rings. The van der Waals surface area contributed by atoms with E-state index < -0.39 is 0 Å². The van der Waals surface area contributed by atoms with Gasteiger partial charge in [-0.1, -0.05) is 23.2 Å². The average Bonchev–Trinajstić information content (AvgIpc) is 3.01. The first-order valence-electron chi connectivity index (χ1n) is 8.17. The van der Waals surface area contributed by atoms with Gasteiger partial charge in [-0.15, -0.1) is 0 Å². The van der Waals surface area contributed by atoms with E-state index >= 15 is 0 Å².